The number of hydrogen-bond donors (Lipinski definition) is 2. The molecular weight excluding hydrogens is 270 g/mol. The van der Waals surface area contributed by atoms with Crippen LogP contribution in [0, 0.1) is 0 Å². The maximum Gasteiger partial charge on any atom is 0.234 e. The maximum atomic E-state index is 12.3. The van der Waals surface area contributed by atoms with E-state index in [4.69, 9.17) is 18.0 Å². The smallest absolute Gasteiger partial charge is 0.234 e. The number of nitrogens with two attached hydrogens (primary N) is 1. The highest BCUT2D eigenvalue weighted by Crippen LogP contribution is 2.16. The second-order valence-electron chi connectivity index (χ2n) is 5.09. The monoisotopic (exact) mass is 291 g/mol. The van der Waals surface area contributed by atoms with E-state index in [1.54, 1.807) is 0 Å². The van der Waals surface area contributed by atoms with E-state index >= 15 is 0 Å². The Morgan fingerprint density at radius 3 is 2.55 bits per heavy atom. The zero-order valence-electron chi connectivity index (χ0n) is 11.5. The van der Waals surface area contributed by atoms with Crippen molar-refractivity contribution in [1.29, 1.82) is 0 Å². The minimum absolute atomic E-state index is 0.108. The van der Waals surface area contributed by atoms with Crippen LogP contribution in [0.4, 0.5) is 0 Å². The molecule has 4 nitrogen and oxygen atoms in total. The average molecular weight is 291 g/mol. The lowest BCUT2D eigenvalue weighted by Crippen LogP contribution is -2.39. The van der Waals surface area contributed by atoms with Crippen LogP contribution in [0.25, 0.3) is 0 Å². The zero-order valence-corrected chi connectivity index (χ0v) is 12.4. The van der Waals surface area contributed by atoms with Gasteiger partial charge in [0, 0.05) is 13.1 Å². The summed E-state index contributed by atoms with van der Waals surface area (Å²) in [5, 5.41) is 2.94. The lowest BCUT2D eigenvalue weighted by atomic mass is 9.98. The Balaban J connectivity index is 1.89. The van der Waals surface area contributed by atoms with Crippen molar-refractivity contribution in [3.63, 3.8) is 0 Å². The van der Waals surface area contributed by atoms with Gasteiger partial charge in [-0.1, -0.05) is 42.5 Å². The average Bonchev–Trinajstić information content (AvgIpc) is 2.93. The van der Waals surface area contributed by atoms with Crippen molar-refractivity contribution in [2.24, 2.45) is 5.73 Å². The predicted octanol–water partition coefficient (Wildman–Crippen LogP) is 1.27. The molecule has 1 amide bonds. The fourth-order valence-electron chi connectivity index (χ4n) is 2.54. The van der Waals surface area contributed by atoms with Gasteiger partial charge >= 0.3 is 0 Å². The van der Waals surface area contributed by atoms with Crippen molar-refractivity contribution in [1.82, 2.24) is 10.2 Å². The minimum Gasteiger partial charge on any atom is -0.392 e. The summed E-state index contributed by atoms with van der Waals surface area (Å²) in [5.74, 6) is -0.646. The van der Waals surface area contributed by atoms with Crippen LogP contribution in [0.2, 0.25) is 0 Å². The number of carbonyl (C=O) groups is 1. The molecular formula is C15H21N3OS. The van der Waals surface area contributed by atoms with E-state index in [2.05, 4.69) is 10.2 Å². The van der Waals surface area contributed by atoms with Crippen LogP contribution in [0.1, 0.15) is 24.3 Å². The Bertz CT molecular complexity index is 457. The second-order valence-corrected chi connectivity index (χ2v) is 5.56. The zero-order chi connectivity index (χ0) is 14.4. The van der Waals surface area contributed by atoms with Crippen LogP contribution in [-0.2, 0) is 4.79 Å². The number of benzene rings is 1. The van der Waals surface area contributed by atoms with E-state index in [1.807, 2.05) is 30.3 Å². The summed E-state index contributed by atoms with van der Waals surface area (Å²) in [6.07, 6.45) is 2.51. The Morgan fingerprint density at radius 1 is 1.30 bits per heavy atom. The molecule has 0 aliphatic carbocycles. The number of rotatable bonds is 6. The largest absolute Gasteiger partial charge is 0.392 e. The number of nitrogens with one attached hydrogen (secondary N) is 1. The summed E-state index contributed by atoms with van der Waals surface area (Å²) in [5.41, 5.74) is 6.57. The molecule has 1 heterocycles. The van der Waals surface area contributed by atoms with Crippen LogP contribution in [-0.4, -0.2) is 42.0 Å². The van der Waals surface area contributed by atoms with Gasteiger partial charge in [-0.05, 0) is 31.5 Å². The topological polar surface area (TPSA) is 58.4 Å². The van der Waals surface area contributed by atoms with Crippen LogP contribution in [0.5, 0.6) is 0 Å². The van der Waals surface area contributed by atoms with Crippen molar-refractivity contribution in [3.8, 4) is 0 Å². The molecule has 1 fully saturated rings. The number of likely N-dealkylation sites (tertiary alicyclic amines) is 1. The first-order valence-electron chi connectivity index (χ1n) is 7.03. The molecule has 5 heteroatoms. The molecule has 0 saturated carbocycles. The molecule has 3 N–H and O–H groups in total. The molecule has 2 rings (SSSR count). The molecule has 0 radical (unpaired) electrons. The number of amides is 1. The first-order chi connectivity index (χ1) is 9.68. The fraction of sp³-hybridized carbons (Fsp3) is 0.467. The van der Waals surface area contributed by atoms with E-state index in [1.165, 1.54) is 12.8 Å². The maximum absolute atomic E-state index is 12.3. The highest BCUT2D eigenvalue weighted by atomic mass is 32.1. The number of carbonyl (C=O) groups excluding carboxylic acids is 1. The molecule has 0 aromatic heterocycles. The second kappa shape index (κ2) is 7.36. The molecule has 1 aromatic rings. The van der Waals surface area contributed by atoms with Gasteiger partial charge in [-0.2, -0.15) is 0 Å². The summed E-state index contributed by atoms with van der Waals surface area (Å²) in [7, 11) is 0. The highest BCUT2D eigenvalue weighted by Gasteiger charge is 2.23. The minimum atomic E-state index is -0.537. The van der Waals surface area contributed by atoms with E-state index in [-0.39, 0.29) is 10.9 Å². The third kappa shape index (κ3) is 4.02. The number of hydrogen-bond acceptors (Lipinski definition) is 3. The van der Waals surface area contributed by atoms with Gasteiger partial charge in [-0.3, -0.25) is 4.79 Å². The molecule has 1 saturated heterocycles. The van der Waals surface area contributed by atoms with Gasteiger partial charge in [0.25, 0.3) is 0 Å². The van der Waals surface area contributed by atoms with Gasteiger partial charge in [0.05, 0.1) is 4.99 Å². The lowest BCUT2D eigenvalue weighted by Gasteiger charge is -2.18. The molecule has 1 aromatic carbocycles. The Hall–Kier alpha value is -1.46. The highest BCUT2D eigenvalue weighted by molar-refractivity contribution is 7.80. The molecule has 1 atom stereocenters. The van der Waals surface area contributed by atoms with Crippen molar-refractivity contribution in [2.45, 2.75) is 18.8 Å². The number of thiocarbonyl (C=S) groups is 1. The van der Waals surface area contributed by atoms with E-state index < -0.39 is 5.92 Å². The molecule has 0 spiro atoms. The van der Waals surface area contributed by atoms with Gasteiger partial charge in [0.15, 0.2) is 0 Å². The summed E-state index contributed by atoms with van der Waals surface area (Å²) in [6.45, 7) is 3.80. The van der Waals surface area contributed by atoms with Crippen molar-refractivity contribution < 1.29 is 4.79 Å². The van der Waals surface area contributed by atoms with Gasteiger partial charge in [-0.15, -0.1) is 0 Å². The van der Waals surface area contributed by atoms with Gasteiger partial charge in [-0.25, -0.2) is 0 Å². The Kier molecular flexibility index (Phi) is 5.49. The lowest BCUT2D eigenvalue weighted by molar-refractivity contribution is -0.121. The third-order valence-electron chi connectivity index (χ3n) is 3.61. The number of nitrogens with zero attached hydrogens (tertiary/aromatic N) is 1. The molecule has 1 aliphatic rings. The first kappa shape index (κ1) is 14.9. The standard InChI is InChI=1S/C15H21N3OS/c16-14(20)13(12-6-2-1-3-7-12)15(19)17-8-11-18-9-4-5-10-18/h1-3,6-7,13H,4-5,8-11H2,(H2,16,20)(H,17,19). The van der Waals surface area contributed by atoms with Gasteiger partial charge in [0.1, 0.15) is 5.92 Å². The van der Waals surface area contributed by atoms with Crippen molar-refractivity contribution in [3.05, 3.63) is 35.9 Å². The predicted molar refractivity (Wildman–Crippen MR) is 84.7 cm³/mol. The quantitative estimate of drug-likeness (QED) is 0.775. The molecule has 0 bridgehead atoms. The van der Waals surface area contributed by atoms with Gasteiger partial charge in [0.2, 0.25) is 5.91 Å². The normalized spacial score (nSPS) is 16.8. The summed E-state index contributed by atoms with van der Waals surface area (Å²) in [6, 6.07) is 9.44. The SMILES string of the molecule is NC(=S)C(C(=O)NCCN1CCCC1)c1ccccc1. The molecule has 20 heavy (non-hydrogen) atoms. The summed E-state index contributed by atoms with van der Waals surface area (Å²) < 4.78 is 0. The third-order valence-corrected chi connectivity index (χ3v) is 3.84. The van der Waals surface area contributed by atoms with Crippen molar-refractivity contribution >= 4 is 23.1 Å². The molecule has 1 aliphatic heterocycles. The van der Waals surface area contributed by atoms with E-state index in [0.29, 0.717) is 6.54 Å². The fourth-order valence-corrected chi connectivity index (χ4v) is 2.78. The first-order valence-corrected chi connectivity index (χ1v) is 7.43. The van der Waals surface area contributed by atoms with Crippen LogP contribution in [0.15, 0.2) is 30.3 Å². The van der Waals surface area contributed by atoms with Crippen LogP contribution >= 0.6 is 12.2 Å². The van der Waals surface area contributed by atoms with Crippen LogP contribution in [0.3, 0.4) is 0 Å². The van der Waals surface area contributed by atoms with Gasteiger partial charge < -0.3 is 16.0 Å². The summed E-state index contributed by atoms with van der Waals surface area (Å²) >= 11 is 5.04. The Labute approximate surface area is 125 Å². The van der Waals surface area contributed by atoms with E-state index in [9.17, 15) is 4.79 Å². The Morgan fingerprint density at radius 2 is 1.95 bits per heavy atom. The molecule has 1 unspecified atom stereocenters. The van der Waals surface area contributed by atoms with Crippen molar-refractivity contribution in [2.75, 3.05) is 26.2 Å². The van der Waals surface area contributed by atoms with E-state index in [0.717, 1.165) is 25.2 Å². The molecule has 108 valence electrons. The summed E-state index contributed by atoms with van der Waals surface area (Å²) in [4.78, 5) is 14.8. The van der Waals surface area contributed by atoms with Crippen LogP contribution < -0.4 is 11.1 Å².